The van der Waals surface area contributed by atoms with Crippen molar-refractivity contribution in [2.45, 2.75) is 13.2 Å². The van der Waals surface area contributed by atoms with Gasteiger partial charge < -0.3 is 10.1 Å². The quantitative estimate of drug-likeness (QED) is 0.870. The third kappa shape index (κ3) is 3.77. The van der Waals surface area contributed by atoms with Gasteiger partial charge in [-0.3, -0.25) is 9.89 Å². The molecule has 1 amide bonds. The summed E-state index contributed by atoms with van der Waals surface area (Å²) in [5, 5.41) is 8.87. The maximum absolute atomic E-state index is 11.9. The number of benzene rings is 1. The van der Waals surface area contributed by atoms with E-state index in [0.717, 1.165) is 5.56 Å². The largest absolute Gasteiger partial charge is 0.435 e. The van der Waals surface area contributed by atoms with E-state index in [1.165, 1.54) is 24.5 Å². The predicted molar refractivity (Wildman–Crippen MR) is 62.8 cm³/mol. The molecular formula is C12H11F2N3O2. The van der Waals surface area contributed by atoms with Crippen molar-refractivity contribution in [3.63, 3.8) is 0 Å². The van der Waals surface area contributed by atoms with Crippen molar-refractivity contribution in [2.24, 2.45) is 0 Å². The molecule has 0 radical (unpaired) electrons. The number of amides is 1. The molecule has 19 heavy (non-hydrogen) atoms. The maximum Gasteiger partial charge on any atom is 0.387 e. The van der Waals surface area contributed by atoms with Crippen LogP contribution < -0.4 is 10.1 Å². The van der Waals surface area contributed by atoms with Crippen LogP contribution in [0.15, 0.2) is 36.7 Å². The molecule has 0 saturated carbocycles. The van der Waals surface area contributed by atoms with E-state index in [0.29, 0.717) is 12.1 Å². The van der Waals surface area contributed by atoms with Gasteiger partial charge in [0.05, 0.1) is 11.8 Å². The van der Waals surface area contributed by atoms with Crippen LogP contribution in [-0.4, -0.2) is 22.7 Å². The van der Waals surface area contributed by atoms with Gasteiger partial charge in [-0.2, -0.15) is 13.9 Å². The topological polar surface area (TPSA) is 67.0 Å². The Hall–Kier alpha value is -2.44. The molecule has 0 fully saturated rings. The molecule has 1 aromatic carbocycles. The van der Waals surface area contributed by atoms with Crippen LogP contribution in [0.4, 0.5) is 8.78 Å². The van der Waals surface area contributed by atoms with Gasteiger partial charge in [0, 0.05) is 12.7 Å². The molecule has 0 atom stereocenters. The highest BCUT2D eigenvalue weighted by Crippen LogP contribution is 2.14. The Kier molecular flexibility index (Phi) is 4.07. The lowest BCUT2D eigenvalue weighted by Gasteiger charge is -2.06. The standard InChI is InChI=1S/C12H11F2N3O2/c13-12(14)19-10-3-1-8(2-4-10)5-15-11(18)9-6-16-17-7-9/h1-4,6-7,12H,5H2,(H,15,18)(H,16,17). The third-order valence-electron chi connectivity index (χ3n) is 2.36. The van der Waals surface area contributed by atoms with Crippen molar-refractivity contribution >= 4 is 5.91 Å². The van der Waals surface area contributed by atoms with Crippen molar-refractivity contribution in [1.82, 2.24) is 15.5 Å². The van der Waals surface area contributed by atoms with Crippen LogP contribution in [0.25, 0.3) is 0 Å². The van der Waals surface area contributed by atoms with Crippen molar-refractivity contribution in [2.75, 3.05) is 0 Å². The van der Waals surface area contributed by atoms with Gasteiger partial charge in [-0.1, -0.05) is 12.1 Å². The summed E-state index contributed by atoms with van der Waals surface area (Å²) in [7, 11) is 0. The van der Waals surface area contributed by atoms with Gasteiger partial charge in [0.2, 0.25) is 0 Å². The number of nitrogens with one attached hydrogen (secondary N) is 2. The molecule has 0 spiro atoms. The molecule has 0 bridgehead atoms. The smallest absolute Gasteiger partial charge is 0.387 e. The predicted octanol–water partition coefficient (Wildman–Crippen LogP) is 1.94. The molecule has 2 rings (SSSR count). The lowest BCUT2D eigenvalue weighted by molar-refractivity contribution is -0.0498. The highest BCUT2D eigenvalue weighted by Gasteiger charge is 2.06. The molecule has 2 aromatic rings. The fourth-order valence-electron chi connectivity index (χ4n) is 1.45. The summed E-state index contributed by atoms with van der Waals surface area (Å²) in [5.41, 5.74) is 1.20. The number of halogens is 2. The molecule has 1 aromatic heterocycles. The van der Waals surface area contributed by atoms with Crippen molar-refractivity contribution in [1.29, 1.82) is 0 Å². The Morgan fingerprint density at radius 2 is 2.11 bits per heavy atom. The van der Waals surface area contributed by atoms with Gasteiger partial charge in [0.1, 0.15) is 5.75 Å². The van der Waals surface area contributed by atoms with E-state index < -0.39 is 6.61 Å². The average Bonchev–Trinajstić information content (AvgIpc) is 2.91. The Labute approximate surface area is 107 Å². The molecule has 2 N–H and O–H groups in total. The first-order valence-corrected chi connectivity index (χ1v) is 5.46. The van der Waals surface area contributed by atoms with Crippen molar-refractivity contribution in [3.8, 4) is 5.75 Å². The molecule has 0 aliphatic heterocycles. The van der Waals surface area contributed by atoms with Crippen LogP contribution in [0, 0.1) is 0 Å². The van der Waals surface area contributed by atoms with E-state index >= 15 is 0 Å². The first-order chi connectivity index (χ1) is 9.15. The Morgan fingerprint density at radius 1 is 1.37 bits per heavy atom. The SMILES string of the molecule is O=C(NCc1ccc(OC(F)F)cc1)c1cn[nH]c1. The number of carbonyl (C=O) groups is 1. The first kappa shape index (κ1) is 13.0. The van der Waals surface area contributed by atoms with Gasteiger partial charge in [0.15, 0.2) is 0 Å². The van der Waals surface area contributed by atoms with Gasteiger partial charge in [0.25, 0.3) is 5.91 Å². The number of ether oxygens (including phenoxy) is 1. The lowest BCUT2D eigenvalue weighted by atomic mass is 10.2. The van der Waals surface area contributed by atoms with Crippen LogP contribution in [0.3, 0.4) is 0 Å². The minimum absolute atomic E-state index is 0.0833. The molecule has 5 nitrogen and oxygen atoms in total. The Bertz CT molecular complexity index is 526. The number of aromatic amines is 1. The highest BCUT2D eigenvalue weighted by atomic mass is 19.3. The summed E-state index contributed by atoms with van der Waals surface area (Å²) in [5.74, 6) is -0.179. The molecule has 1 heterocycles. The molecule has 7 heteroatoms. The summed E-state index contributed by atoms with van der Waals surface area (Å²) in [6, 6.07) is 6.05. The van der Waals surface area contributed by atoms with Crippen molar-refractivity contribution in [3.05, 3.63) is 47.8 Å². The monoisotopic (exact) mass is 267 g/mol. The summed E-state index contributed by atoms with van der Waals surface area (Å²) >= 11 is 0. The lowest BCUT2D eigenvalue weighted by Crippen LogP contribution is -2.22. The molecule has 0 saturated heterocycles. The van der Waals surface area contributed by atoms with Gasteiger partial charge >= 0.3 is 6.61 Å². The zero-order valence-corrected chi connectivity index (χ0v) is 9.77. The number of rotatable bonds is 5. The summed E-state index contributed by atoms with van der Waals surface area (Å²) in [6.45, 7) is -2.55. The Morgan fingerprint density at radius 3 is 2.68 bits per heavy atom. The van der Waals surface area contributed by atoms with Gasteiger partial charge in [-0.05, 0) is 17.7 Å². The average molecular weight is 267 g/mol. The number of aromatic nitrogens is 2. The number of hydrogen-bond acceptors (Lipinski definition) is 3. The fraction of sp³-hybridized carbons (Fsp3) is 0.167. The van der Waals surface area contributed by atoms with E-state index in [1.54, 1.807) is 12.1 Å². The number of nitrogens with zero attached hydrogens (tertiary/aromatic N) is 1. The summed E-state index contributed by atoms with van der Waals surface area (Å²) in [4.78, 5) is 11.6. The molecule has 0 unspecified atom stereocenters. The van der Waals surface area contributed by atoms with Crippen LogP contribution in [-0.2, 0) is 6.54 Å². The number of carbonyl (C=O) groups excluding carboxylic acids is 1. The van der Waals surface area contributed by atoms with Crippen LogP contribution >= 0.6 is 0 Å². The van der Waals surface area contributed by atoms with Crippen molar-refractivity contribution < 1.29 is 18.3 Å². The van der Waals surface area contributed by atoms with Crippen LogP contribution in [0.2, 0.25) is 0 Å². The second-order valence-electron chi connectivity index (χ2n) is 3.69. The van der Waals surface area contributed by atoms with E-state index in [4.69, 9.17) is 0 Å². The van der Waals surface area contributed by atoms with E-state index in [-0.39, 0.29) is 11.7 Å². The third-order valence-corrected chi connectivity index (χ3v) is 2.36. The summed E-state index contributed by atoms with van der Waals surface area (Å²) < 4.78 is 28.1. The minimum atomic E-state index is -2.84. The molecule has 100 valence electrons. The fourth-order valence-corrected chi connectivity index (χ4v) is 1.45. The zero-order chi connectivity index (χ0) is 13.7. The Balaban J connectivity index is 1.88. The van der Waals surface area contributed by atoms with Crippen LogP contribution in [0.5, 0.6) is 5.75 Å². The second kappa shape index (κ2) is 5.94. The molecule has 0 aliphatic rings. The summed E-state index contributed by atoms with van der Waals surface area (Å²) in [6.07, 6.45) is 2.89. The highest BCUT2D eigenvalue weighted by molar-refractivity contribution is 5.93. The van der Waals surface area contributed by atoms with E-state index in [9.17, 15) is 13.6 Å². The second-order valence-corrected chi connectivity index (χ2v) is 3.69. The van der Waals surface area contributed by atoms with Crippen LogP contribution in [0.1, 0.15) is 15.9 Å². The molecule has 0 aliphatic carbocycles. The minimum Gasteiger partial charge on any atom is -0.435 e. The first-order valence-electron chi connectivity index (χ1n) is 5.46. The molecular weight excluding hydrogens is 256 g/mol. The van der Waals surface area contributed by atoms with E-state index in [2.05, 4.69) is 20.3 Å². The maximum atomic E-state index is 11.9. The normalized spacial score (nSPS) is 10.5. The van der Waals surface area contributed by atoms with Gasteiger partial charge in [-0.15, -0.1) is 0 Å². The zero-order valence-electron chi connectivity index (χ0n) is 9.77. The van der Waals surface area contributed by atoms with Gasteiger partial charge in [-0.25, -0.2) is 0 Å². The number of hydrogen-bond donors (Lipinski definition) is 2. The number of H-pyrrole nitrogens is 1. The van der Waals surface area contributed by atoms with E-state index in [1.807, 2.05) is 0 Å². The number of alkyl halides is 2.